The van der Waals surface area contributed by atoms with Crippen molar-refractivity contribution in [1.29, 1.82) is 0 Å². The number of pyridine rings is 1. The van der Waals surface area contributed by atoms with Gasteiger partial charge in [0.15, 0.2) is 10.3 Å². The number of fused-ring (bicyclic) bond motifs is 2. The number of benzene rings is 2. The van der Waals surface area contributed by atoms with Gasteiger partial charge in [-0.25, -0.2) is 9.97 Å². The van der Waals surface area contributed by atoms with Gasteiger partial charge in [0.05, 0.1) is 20.4 Å². The fourth-order valence-corrected chi connectivity index (χ4v) is 5.79. The Labute approximate surface area is 218 Å². The van der Waals surface area contributed by atoms with Gasteiger partial charge in [-0.3, -0.25) is 24.8 Å². The predicted molar refractivity (Wildman–Crippen MR) is 142 cm³/mol. The van der Waals surface area contributed by atoms with Crippen LogP contribution < -0.4 is 16.1 Å². The van der Waals surface area contributed by atoms with E-state index in [1.165, 1.54) is 40.1 Å². The molecule has 37 heavy (non-hydrogen) atoms. The third kappa shape index (κ3) is 4.65. The zero-order valence-corrected chi connectivity index (χ0v) is 20.8. The van der Waals surface area contributed by atoms with Crippen LogP contribution in [0.25, 0.3) is 20.4 Å². The fourth-order valence-electron chi connectivity index (χ4n) is 4.05. The van der Waals surface area contributed by atoms with Gasteiger partial charge in [-0.15, -0.1) is 0 Å². The van der Waals surface area contributed by atoms with Crippen molar-refractivity contribution >= 4 is 71.1 Å². The second kappa shape index (κ2) is 9.65. The third-order valence-electron chi connectivity index (χ3n) is 5.94. The standard InChI is InChI=1S/C25H19N7O3S2/c33-21(14-9-11-26-12-10-14)31-32-17(22(34)29-24-27-15-5-1-3-7-19(15)36-24)13-18(32)23(35)30-25-28-16-6-2-4-8-20(16)37-25/h1-12,17-18H,13H2,(H,31,33)(H,27,29,34)(H,28,30,35). The molecular formula is C25H19N7O3S2. The highest BCUT2D eigenvalue weighted by Gasteiger charge is 2.48. The number of aromatic nitrogens is 3. The number of hydrogen-bond donors (Lipinski definition) is 3. The van der Waals surface area contributed by atoms with Gasteiger partial charge in [-0.05, 0) is 36.4 Å². The Hall–Kier alpha value is -4.26. The van der Waals surface area contributed by atoms with Gasteiger partial charge < -0.3 is 10.6 Å². The maximum Gasteiger partial charge on any atom is 0.265 e. The first-order valence-corrected chi connectivity index (χ1v) is 13.0. The van der Waals surface area contributed by atoms with E-state index < -0.39 is 18.0 Å². The van der Waals surface area contributed by atoms with Crippen molar-refractivity contribution < 1.29 is 14.4 Å². The van der Waals surface area contributed by atoms with Gasteiger partial charge in [0.2, 0.25) is 11.8 Å². The molecule has 184 valence electrons. The SMILES string of the molecule is O=C(NN1C(C(=O)Nc2nc3ccccc3s2)CC1C(=O)Nc1nc2ccccc2s1)c1ccncc1. The lowest BCUT2D eigenvalue weighted by molar-refractivity contribution is -0.141. The molecule has 3 amide bonds. The minimum atomic E-state index is -0.760. The van der Waals surface area contributed by atoms with E-state index >= 15 is 0 Å². The summed E-state index contributed by atoms with van der Waals surface area (Å²) in [6, 6.07) is 16.8. The molecule has 0 radical (unpaired) electrons. The van der Waals surface area contributed by atoms with Crippen molar-refractivity contribution in [2.45, 2.75) is 18.5 Å². The van der Waals surface area contributed by atoms with E-state index in [2.05, 4.69) is 31.0 Å². The number of para-hydroxylation sites is 2. The number of anilines is 2. The van der Waals surface area contributed by atoms with Crippen molar-refractivity contribution in [1.82, 2.24) is 25.4 Å². The number of hydrazine groups is 1. The number of carbonyl (C=O) groups is 3. The van der Waals surface area contributed by atoms with Crippen LogP contribution in [0.15, 0.2) is 73.1 Å². The fraction of sp³-hybridized carbons (Fsp3) is 0.120. The lowest BCUT2D eigenvalue weighted by Crippen LogP contribution is -2.70. The summed E-state index contributed by atoms with van der Waals surface area (Å²) >= 11 is 2.72. The van der Waals surface area contributed by atoms with Crippen molar-refractivity contribution in [3.8, 4) is 0 Å². The summed E-state index contributed by atoms with van der Waals surface area (Å²) in [6.07, 6.45) is 3.21. The van der Waals surface area contributed by atoms with Gasteiger partial charge in [0.1, 0.15) is 12.1 Å². The van der Waals surface area contributed by atoms with Crippen LogP contribution in [0.3, 0.4) is 0 Å². The molecule has 2 unspecified atom stereocenters. The molecule has 4 heterocycles. The molecular weight excluding hydrogens is 510 g/mol. The van der Waals surface area contributed by atoms with E-state index in [1.807, 2.05) is 48.5 Å². The van der Waals surface area contributed by atoms with E-state index in [0.29, 0.717) is 15.8 Å². The maximum absolute atomic E-state index is 13.2. The highest BCUT2D eigenvalue weighted by molar-refractivity contribution is 7.22. The predicted octanol–water partition coefficient (Wildman–Crippen LogP) is 3.67. The van der Waals surface area contributed by atoms with Gasteiger partial charge in [-0.2, -0.15) is 5.01 Å². The molecule has 6 rings (SSSR count). The summed E-state index contributed by atoms with van der Waals surface area (Å²) in [5, 5.41) is 7.94. The van der Waals surface area contributed by atoms with Crippen LogP contribution in [-0.2, 0) is 9.59 Å². The highest BCUT2D eigenvalue weighted by atomic mass is 32.1. The Morgan fingerprint density at radius 1 is 0.757 bits per heavy atom. The molecule has 0 aliphatic carbocycles. The van der Waals surface area contributed by atoms with Crippen LogP contribution in [0.4, 0.5) is 10.3 Å². The molecule has 2 atom stereocenters. The normalized spacial score (nSPS) is 17.3. The van der Waals surface area contributed by atoms with E-state index in [-0.39, 0.29) is 18.2 Å². The van der Waals surface area contributed by atoms with Crippen LogP contribution in [0.2, 0.25) is 0 Å². The molecule has 1 aliphatic rings. The summed E-state index contributed by atoms with van der Waals surface area (Å²) in [7, 11) is 0. The Bertz CT molecular complexity index is 1480. The molecule has 3 N–H and O–H groups in total. The average molecular weight is 530 g/mol. The smallest absolute Gasteiger partial charge is 0.265 e. The molecule has 1 fully saturated rings. The summed E-state index contributed by atoms with van der Waals surface area (Å²) in [5.41, 5.74) is 4.66. The van der Waals surface area contributed by atoms with Gasteiger partial charge in [0.25, 0.3) is 5.91 Å². The molecule has 10 nitrogen and oxygen atoms in total. The summed E-state index contributed by atoms with van der Waals surface area (Å²) in [4.78, 5) is 52.0. The molecule has 1 aliphatic heterocycles. The number of nitrogens with zero attached hydrogens (tertiary/aromatic N) is 4. The lowest BCUT2D eigenvalue weighted by Gasteiger charge is -2.45. The zero-order valence-electron chi connectivity index (χ0n) is 19.1. The molecule has 5 aromatic rings. The quantitative estimate of drug-likeness (QED) is 0.306. The third-order valence-corrected chi connectivity index (χ3v) is 7.85. The summed E-state index contributed by atoms with van der Waals surface area (Å²) in [5.74, 6) is -1.17. The maximum atomic E-state index is 13.2. The van der Waals surface area contributed by atoms with E-state index in [1.54, 1.807) is 12.1 Å². The molecule has 1 saturated heterocycles. The Kier molecular flexibility index (Phi) is 6.04. The highest BCUT2D eigenvalue weighted by Crippen LogP contribution is 2.31. The van der Waals surface area contributed by atoms with E-state index in [4.69, 9.17) is 0 Å². The first kappa shape index (κ1) is 23.2. The van der Waals surface area contributed by atoms with Gasteiger partial charge in [0, 0.05) is 24.4 Å². The molecule has 0 spiro atoms. The monoisotopic (exact) mass is 529 g/mol. The van der Waals surface area contributed by atoms with Gasteiger partial charge in [-0.1, -0.05) is 46.9 Å². The number of nitrogens with one attached hydrogen (secondary N) is 3. The molecule has 0 bridgehead atoms. The number of carbonyl (C=O) groups excluding carboxylic acids is 3. The van der Waals surface area contributed by atoms with Crippen LogP contribution in [-0.4, -0.2) is 49.8 Å². The number of thiazole rings is 2. The molecule has 3 aromatic heterocycles. The van der Waals surface area contributed by atoms with Crippen LogP contribution >= 0.6 is 22.7 Å². The van der Waals surface area contributed by atoms with Crippen LogP contribution in [0.1, 0.15) is 16.8 Å². The number of rotatable bonds is 6. The molecule has 2 aromatic carbocycles. The van der Waals surface area contributed by atoms with Gasteiger partial charge >= 0.3 is 0 Å². The average Bonchev–Trinajstić information content (AvgIpc) is 3.49. The second-order valence-electron chi connectivity index (χ2n) is 8.30. The van der Waals surface area contributed by atoms with Crippen LogP contribution in [0.5, 0.6) is 0 Å². The molecule has 12 heteroatoms. The summed E-state index contributed by atoms with van der Waals surface area (Å²) in [6.45, 7) is 0. The largest absolute Gasteiger partial charge is 0.301 e. The van der Waals surface area contributed by atoms with Crippen molar-refractivity contribution in [2.75, 3.05) is 10.6 Å². The Morgan fingerprint density at radius 2 is 1.27 bits per heavy atom. The number of amides is 3. The van der Waals surface area contributed by atoms with Crippen molar-refractivity contribution in [3.63, 3.8) is 0 Å². The number of hydrogen-bond acceptors (Lipinski definition) is 9. The minimum absolute atomic E-state index is 0.212. The minimum Gasteiger partial charge on any atom is -0.301 e. The Morgan fingerprint density at radius 3 is 1.78 bits per heavy atom. The first-order chi connectivity index (χ1) is 18.0. The zero-order chi connectivity index (χ0) is 25.4. The second-order valence-corrected chi connectivity index (χ2v) is 10.4. The lowest BCUT2D eigenvalue weighted by atomic mass is 9.93. The first-order valence-electron chi connectivity index (χ1n) is 11.4. The Balaban J connectivity index is 1.20. The summed E-state index contributed by atoms with van der Waals surface area (Å²) < 4.78 is 1.89. The van der Waals surface area contributed by atoms with Crippen molar-refractivity contribution in [3.05, 3.63) is 78.6 Å². The van der Waals surface area contributed by atoms with E-state index in [9.17, 15) is 14.4 Å². The topological polar surface area (TPSA) is 129 Å². The van der Waals surface area contributed by atoms with Crippen molar-refractivity contribution in [2.24, 2.45) is 0 Å². The van der Waals surface area contributed by atoms with Crippen LogP contribution in [0, 0.1) is 0 Å². The van der Waals surface area contributed by atoms with E-state index in [0.717, 1.165) is 20.4 Å². The molecule has 0 saturated carbocycles.